The van der Waals surface area contributed by atoms with E-state index in [4.69, 9.17) is 4.74 Å². The number of hydrogen-bond acceptors (Lipinski definition) is 3. The summed E-state index contributed by atoms with van der Waals surface area (Å²) in [6.45, 7) is 8.95. The van der Waals surface area contributed by atoms with E-state index in [2.05, 4.69) is 10.6 Å². The number of ether oxygens (including phenoxy) is 1. The Morgan fingerprint density at radius 2 is 1.65 bits per heavy atom. The summed E-state index contributed by atoms with van der Waals surface area (Å²) in [6, 6.07) is 4.64. The van der Waals surface area contributed by atoms with E-state index in [1.54, 1.807) is 20.8 Å². The molecule has 0 aliphatic carbocycles. The summed E-state index contributed by atoms with van der Waals surface area (Å²) in [5.74, 6) is -0.448. The van der Waals surface area contributed by atoms with Crippen LogP contribution < -0.4 is 10.6 Å². The maximum atomic E-state index is 11.9. The molecule has 5 heteroatoms. The molecule has 5 nitrogen and oxygen atoms in total. The van der Waals surface area contributed by atoms with E-state index in [0.717, 1.165) is 16.8 Å². The van der Waals surface area contributed by atoms with E-state index in [-0.39, 0.29) is 6.10 Å². The number of carbonyl (C=O) groups excluding carboxylic acids is 2. The lowest BCUT2D eigenvalue weighted by Gasteiger charge is -2.17. The van der Waals surface area contributed by atoms with Crippen molar-refractivity contribution < 1.29 is 14.3 Å². The first kappa shape index (κ1) is 16.0. The van der Waals surface area contributed by atoms with Crippen LogP contribution in [0.1, 0.15) is 31.9 Å². The Kier molecular flexibility index (Phi) is 5.55. The van der Waals surface area contributed by atoms with Gasteiger partial charge in [0.2, 0.25) is 0 Å². The maximum Gasteiger partial charge on any atom is 0.328 e. The van der Waals surface area contributed by atoms with Crippen molar-refractivity contribution in [2.45, 2.75) is 46.8 Å². The number of esters is 1. The SMILES string of the molecule is Cc1cccc(C)c1NC(=O)N[C@H](C)C(=O)OC(C)C. The highest BCUT2D eigenvalue weighted by Gasteiger charge is 2.18. The molecule has 0 spiro atoms. The van der Waals surface area contributed by atoms with Crippen molar-refractivity contribution in [3.63, 3.8) is 0 Å². The first-order chi connectivity index (χ1) is 9.31. The maximum absolute atomic E-state index is 11.9. The molecule has 20 heavy (non-hydrogen) atoms. The van der Waals surface area contributed by atoms with Gasteiger partial charge in [-0.3, -0.25) is 0 Å². The van der Waals surface area contributed by atoms with Crippen LogP contribution in [0.5, 0.6) is 0 Å². The van der Waals surface area contributed by atoms with Gasteiger partial charge in [0.05, 0.1) is 6.10 Å². The van der Waals surface area contributed by atoms with Gasteiger partial charge in [0, 0.05) is 5.69 Å². The normalized spacial score (nSPS) is 11.9. The molecule has 0 heterocycles. The van der Waals surface area contributed by atoms with E-state index in [1.807, 2.05) is 32.0 Å². The molecular weight excluding hydrogens is 256 g/mol. The summed E-state index contributed by atoms with van der Waals surface area (Å²) in [5, 5.41) is 5.32. The third-order valence-electron chi connectivity index (χ3n) is 2.77. The Morgan fingerprint density at radius 1 is 1.10 bits per heavy atom. The molecule has 1 aromatic rings. The monoisotopic (exact) mass is 278 g/mol. The zero-order valence-corrected chi connectivity index (χ0v) is 12.6. The number of aryl methyl sites for hydroxylation is 2. The molecule has 0 aliphatic heterocycles. The number of nitrogens with one attached hydrogen (secondary N) is 2. The first-order valence-corrected chi connectivity index (χ1v) is 6.65. The third-order valence-corrected chi connectivity index (χ3v) is 2.77. The van der Waals surface area contributed by atoms with Crippen molar-refractivity contribution in [2.75, 3.05) is 5.32 Å². The van der Waals surface area contributed by atoms with Gasteiger partial charge < -0.3 is 15.4 Å². The molecule has 1 atom stereocenters. The van der Waals surface area contributed by atoms with Crippen LogP contribution >= 0.6 is 0 Å². The van der Waals surface area contributed by atoms with Gasteiger partial charge in [0.1, 0.15) is 6.04 Å². The fourth-order valence-corrected chi connectivity index (χ4v) is 1.75. The highest BCUT2D eigenvalue weighted by Crippen LogP contribution is 2.19. The molecule has 0 fully saturated rings. The molecule has 0 radical (unpaired) electrons. The minimum absolute atomic E-state index is 0.201. The highest BCUT2D eigenvalue weighted by atomic mass is 16.5. The summed E-state index contributed by atoms with van der Waals surface area (Å²) in [7, 11) is 0. The lowest BCUT2D eigenvalue weighted by molar-refractivity contribution is -0.149. The van der Waals surface area contributed by atoms with E-state index in [0.29, 0.717) is 0 Å². The van der Waals surface area contributed by atoms with Crippen LogP contribution in [-0.4, -0.2) is 24.1 Å². The average molecular weight is 278 g/mol. The van der Waals surface area contributed by atoms with E-state index >= 15 is 0 Å². The Labute approximate surface area is 119 Å². The lowest BCUT2D eigenvalue weighted by Crippen LogP contribution is -2.42. The number of carbonyl (C=O) groups is 2. The Bertz CT molecular complexity index is 478. The van der Waals surface area contributed by atoms with Crippen molar-refractivity contribution in [3.05, 3.63) is 29.3 Å². The second-order valence-electron chi connectivity index (χ2n) is 5.07. The van der Waals surface area contributed by atoms with Gasteiger partial charge in [-0.25, -0.2) is 9.59 Å². The first-order valence-electron chi connectivity index (χ1n) is 6.65. The number of rotatable bonds is 4. The zero-order valence-electron chi connectivity index (χ0n) is 12.6. The fraction of sp³-hybridized carbons (Fsp3) is 0.467. The molecule has 1 aromatic carbocycles. The standard InChI is InChI=1S/C15H22N2O3/c1-9(2)20-14(18)12(5)16-15(19)17-13-10(3)7-6-8-11(13)4/h6-9,12H,1-5H3,(H2,16,17,19)/t12-/m1/s1. The van der Waals surface area contributed by atoms with Crippen molar-refractivity contribution in [2.24, 2.45) is 0 Å². The largest absolute Gasteiger partial charge is 0.461 e. The summed E-state index contributed by atoms with van der Waals surface area (Å²) >= 11 is 0. The van der Waals surface area contributed by atoms with Gasteiger partial charge in [-0.05, 0) is 45.7 Å². The van der Waals surface area contributed by atoms with E-state index < -0.39 is 18.0 Å². The smallest absolute Gasteiger partial charge is 0.328 e. The Hall–Kier alpha value is -2.04. The zero-order chi connectivity index (χ0) is 15.3. The van der Waals surface area contributed by atoms with E-state index in [9.17, 15) is 9.59 Å². The van der Waals surface area contributed by atoms with Crippen LogP contribution in [0.25, 0.3) is 0 Å². The lowest BCUT2D eigenvalue weighted by atomic mass is 10.1. The number of amides is 2. The van der Waals surface area contributed by atoms with Crippen LogP contribution in [-0.2, 0) is 9.53 Å². The summed E-state index contributed by atoms with van der Waals surface area (Å²) in [5.41, 5.74) is 2.70. The fourth-order valence-electron chi connectivity index (χ4n) is 1.75. The second-order valence-corrected chi connectivity index (χ2v) is 5.07. The quantitative estimate of drug-likeness (QED) is 0.832. The molecule has 2 amide bonds. The van der Waals surface area contributed by atoms with Crippen LogP contribution in [0, 0.1) is 13.8 Å². The average Bonchev–Trinajstić information content (AvgIpc) is 2.33. The predicted molar refractivity (Wildman–Crippen MR) is 78.8 cm³/mol. The Balaban J connectivity index is 2.62. The van der Waals surface area contributed by atoms with Gasteiger partial charge in [0.15, 0.2) is 0 Å². The number of hydrogen-bond donors (Lipinski definition) is 2. The predicted octanol–water partition coefficient (Wildman–Crippen LogP) is 2.77. The van der Waals surface area contributed by atoms with Crippen LogP contribution in [0.4, 0.5) is 10.5 Å². The van der Waals surface area contributed by atoms with Gasteiger partial charge in [-0.1, -0.05) is 18.2 Å². The molecule has 2 N–H and O–H groups in total. The minimum Gasteiger partial charge on any atom is -0.461 e. The molecule has 0 aliphatic rings. The highest BCUT2D eigenvalue weighted by molar-refractivity contribution is 5.93. The van der Waals surface area contributed by atoms with Crippen LogP contribution in [0.15, 0.2) is 18.2 Å². The van der Waals surface area contributed by atoms with E-state index in [1.165, 1.54) is 0 Å². The van der Waals surface area contributed by atoms with Crippen molar-refractivity contribution in [3.8, 4) is 0 Å². The van der Waals surface area contributed by atoms with Gasteiger partial charge >= 0.3 is 12.0 Å². The number of benzene rings is 1. The molecule has 0 saturated carbocycles. The third kappa shape index (κ3) is 4.57. The minimum atomic E-state index is -0.693. The number of para-hydroxylation sites is 1. The van der Waals surface area contributed by atoms with Crippen molar-refractivity contribution in [1.29, 1.82) is 0 Å². The number of anilines is 1. The summed E-state index contributed by atoms with van der Waals surface area (Å²) in [4.78, 5) is 23.5. The van der Waals surface area contributed by atoms with Crippen LogP contribution in [0.3, 0.4) is 0 Å². The van der Waals surface area contributed by atoms with Gasteiger partial charge in [-0.2, -0.15) is 0 Å². The Morgan fingerprint density at radius 3 is 2.15 bits per heavy atom. The second kappa shape index (κ2) is 6.93. The van der Waals surface area contributed by atoms with Crippen LogP contribution in [0.2, 0.25) is 0 Å². The van der Waals surface area contributed by atoms with Crippen molar-refractivity contribution in [1.82, 2.24) is 5.32 Å². The molecular formula is C15H22N2O3. The summed E-state index contributed by atoms with van der Waals surface area (Å²) < 4.78 is 5.03. The summed E-state index contributed by atoms with van der Waals surface area (Å²) in [6.07, 6.45) is -0.201. The van der Waals surface area contributed by atoms with Crippen molar-refractivity contribution >= 4 is 17.7 Å². The van der Waals surface area contributed by atoms with Gasteiger partial charge in [-0.15, -0.1) is 0 Å². The number of urea groups is 1. The molecule has 0 unspecified atom stereocenters. The molecule has 0 saturated heterocycles. The molecule has 110 valence electrons. The molecule has 0 aromatic heterocycles. The molecule has 0 bridgehead atoms. The molecule has 1 rings (SSSR count). The van der Waals surface area contributed by atoms with Gasteiger partial charge in [0.25, 0.3) is 0 Å². The topological polar surface area (TPSA) is 67.4 Å².